The van der Waals surface area contributed by atoms with E-state index in [-0.39, 0.29) is 17.9 Å². The Labute approximate surface area is 119 Å². The highest BCUT2D eigenvalue weighted by atomic mass is 35.5. The Morgan fingerprint density at radius 3 is 2.53 bits per heavy atom. The third kappa shape index (κ3) is 4.03. The number of hydrogen-bond acceptors (Lipinski definition) is 3. The van der Waals surface area contributed by atoms with E-state index < -0.39 is 0 Å². The summed E-state index contributed by atoms with van der Waals surface area (Å²) in [5.41, 5.74) is 0.454. The number of hydrogen-bond donors (Lipinski definition) is 1. The average molecular weight is 286 g/mol. The maximum Gasteiger partial charge on any atom is 0.255 e. The molecule has 0 aliphatic rings. The molecule has 5 heteroatoms. The summed E-state index contributed by atoms with van der Waals surface area (Å²) in [6.07, 6.45) is 0. The number of rotatable bonds is 6. The van der Waals surface area contributed by atoms with Crippen molar-refractivity contribution >= 4 is 17.5 Å². The van der Waals surface area contributed by atoms with Gasteiger partial charge in [0.05, 0.1) is 19.8 Å². The standard InChI is InChI=1S/C14H20ClNO3/c1-9(8-15)10(2)16-14(17)12-7-11(18-3)5-6-13(12)19-4/h5-7,9-10H,8H2,1-4H3,(H,16,17). The molecule has 1 aromatic rings. The van der Waals surface area contributed by atoms with E-state index in [1.807, 2.05) is 13.8 Å². The van der Waals surface area contributed by atoms with Crippen LogP contribution in [0.25, 0.3) is 0 Å². The van der Waals surface area contributed by atoms with Gasteiger partial charge in [-0.05, 0) is 31.0 Å². The number of nitrogens with one attached hydrogen (secondary N) is 1. The zero-order chi connectivity index (χ0) is 14.4. The molecule has 19 heavy (non-hydrogen) atoms. The Morgan fingerprint density at radius 2 is 2.00 bits per heavy atom. The van der Waals surface area contributed by atoms with Gasteiger partial charge in [0.25, 0.3) is 5.91 Å². The van der Waals surface area contributed by atoms with Crippen molar-refractivity contribution in [3.05, 3.63) is 23.8 Å². The summed E-state index contributed by atoms with van der Waals surface area (Å²) in [5, 5.41) is 2.91. The van der Waals surface area contributed by atoms with Crippen LogP contribution < -0.4 is 14.8 Å². The summed E-state index contributed by atoms with van der Waals surface area (Å²) < 4.78 is 10.3. The van der Waals surface area contributed by atoms with Gasteiger partial charge in [-0.15, -0.1) is 11.6 Å². The van der Waals surface area contributed by atoms with E-state index in [4.69, 9.17) is 21.1 Å². The number of alkyl halides is 1. The lowest BCUT2D eigenvalue weighted by Crippen LogP contribution is -2.37. The summed E-state index contributed by atoms with van der Waals surface area (Å²) in [6.45, 7) is 3.92. The molecule has 0 aliphatic carbocycles. The molecule has 0 saturated carbocycles. The molecule has 1 N–H and O–H groups in total. The summed E-state index contributed by atoms with van der Waals surface area (Å²) in [5.74, 6) is 1.63. The van der Waals surface area contributed by atoms with Crippen LogP contribution in [0, 0.1) is 5.92 Å². The number of amides is 1. The molecule has 1 amide bonds. The molecule has 0 radical (unpaired) electrons. The zero-order valence-electron chi connectivity index (χ0n) is 11.7. The van der Waals surface area contributed by atoms with Gasteiger partial charge in [0.1, 0.15) is 11.5 Å². The van der Waals surface area contributed by atoms with Gasteiger partial charge in [-0.1, -0.05) is 6.92 Å². The number of methoxy groups -OCH3 is 2. The lowest BCUT2D eigenvalue weighted by molar-refractivity contribution is 0.0927. The van der Waals surface area contributed by atoms with Gasteiger partial charge in [0, 0.05) is 11.9 Å². The van der Waals surface area contributed by atoms with Crippen molar-refractivity contribution in [1.29, 1.82) is 0 Å². The molecule has 4 nitrogen and oxygen atoms in total. The van der Waals surface area contributed by atoms with E-state index in [0.717, 1.165) is 0 Å². The number of halogens is 1. The number of benzene rings is 1. The van der Waals surface area contributed by atoms with Crippen LogP contribution in [0.3, 0.4) is 0 Å². The molecule has 0 aliphatic heterocycles. The lowest BCUT2D eigenvalue weighted by Gasteiger charge is -2.20. The van der Waals surface area contributed by atoms with Crippen molar-refractivity contribution in [3.63, 3.8) is 0 Å². The Balaban J connectivity index is 2.91. The molecule has 106 valence electrons. The fourth-order valence-corrected chi connectivity index (χ4v) is 1.82. The van der Waals surface area contributed by atoms with Crippen molar-refractivity contribution in [2.24, 2.45) is 5.92 Å². The lowest BCUT2D eigenvalue weighted by atomic mass is 10.1. The quantitative estimate of drug-likeness (QED) is 0.818. The molecule has 0 heterocycles. The minimum Gasteiger partial charge on any atom is -0.497 e. The van der Waals surface area contributed by atoms with Gasteiger partial charge in [-0.25, -0.2) is 0 Å². The number of carbonyl (C=O) groups is 1. The van der Waals surface area contributed by atoms with Gasteiger partial charge in [-0.3, -0.25) is 4.79 Å². The summed E-state index contributed by atoms with van der Waals surface area (Å²) >= 11 is 5.79. The highest BCUT2D eigenvalue weighted by Crippen LogP contribution is 2.24. The van der Waals surface area contributed by atoms with Crippen LogP contribution in [0.5, 0.6) is 11.5 Å². The van der Waals surface area contributed by atoms with Gasteiger partial charge in [0.15, 0.2) is 0 Å². The highest BCUT2D eigenvalue weighted by molar-refractivity contribution is 6.18. The number of carbonyl (C=O) groups excluding carboxylic acids is 1. The number of ether oxygens (including phenoxy) is 2. The first kappa shape index (κ1) is 15.6. The molecule has 0 saturated heterocycles. The average Bonchev–Trinajstić information content (AvgIpc) is 2.45. The van der Waals surface area contributed by atoms with Crippen LogP contribution in [0.2, 0.25) is 0 Å². The third-order valence-corrected chi connectivity index (χ3v) is 3.59. The van der Waals surface area contributed by atoms with Crippen LogP contribution in [0.15, 0.2) is 18.2 Å². The van der Waals surface area contributed by atoms with E-state index in [0.29, 0.717) is 22.9 Å². The van der Waals surface area contributed by atoms with Crippen molar-refractivity contribution in [2.75, 3.05) is 20.1 Å². The molecule has 1 aromatic carbocycles. The smallest absolute Gasteiger partial charge is 0.255 e. The van der Waals surface area contributed by atoms with Crippen LogP contribution >= 0.6 is 11.6 Å². The SMILES string of the molecule is COc1ccc(OC)c(C(=O)NC(C)C(C)CCl)c1. The maximum absolute atomic E-state index is 12.2. The second-order valence-corrected chi connectivity index (χ2v) is 4.77. The molecule has 0 spiro atoms. The summed E-state index contributed by atoms with van der Waals surface area (Å²) in [4.78, 5) is 12.2. The molecule has 0 aromatic heterocycles. The van der Waals surface area contributed by atoms with Crippen molar-refractivity contribution < 1.29 is 14.3 Å². The van der Waals surface area contributed by atoms with Crippen molar-refractivity contribution in [2.45, 2.75) is 19.9 Å². The molecular weight excluding hydrogens is 266 g/mol. The Morgan fingerprint density at radius 1 is 1.32 bits per heavy atom. The van der Waals surface area contributed by atoms with E-state index in [2.05, 4.69) is 5.32 Å². The molecule has 1 rings (SSSR count). The maximum atomic E-state index is 12.2. The Bertz CT molecular complexity index is 437. The second kappa shape index (κ2) is 7.24. The van der Waals surface area contributed by atoms with E-state index in [1.165, 1.54) is 7.11 Å². The molecule has 2 unspecified atom stereocenters. The first-order chi connectivity index (χ1) is 9.03. The van der Waals surface area contributed by atoms with E-state index in [9.17, 15) is 4.79 Å². The van der Waals surface area contributed by atoms with E-state index >= 15 is 0 Å². The zero-order valence-corrected chi connectivity index (χ0v) is 12.5. The second-order valence-electron chi connectivity index (χ2n) is 4.46. The predicted octanol–water partition coefficient (Wildman–Crippen LogP) is 2.70. The minimum absolute atomic E-state index is 0.0130. The monoisotopic (exact) mass is 285 g/mol. The highest BCUT2D eigenvalue weighted by Gasteiger charge is 2.18. The first-order valence-corrected chi connectivity index (χ1v) is 6.65. The molecule has 2 atom stereocenters. The van der Waals surface area contributed by atoms with Gasteiger partial charge in [-0.2, -0.15) is 0 Å². The van der Waals surface area contributed by atoms with Crippen molar-refractivity contribution in [3.8, 4) is 11.5 Å². The van der Waals surface area contributed by atoms with Gasteiger partial charge >= 0.3 is 0 Å². The normalized spacial score (nSPS) is 13.5. The molecule has 0 fully saturated rings. The Hall–Kier alpha value is -1.42. The molecule has 0 bridgehead atoms. The molecular formula is C14H20ClNO3. The summed E-state index contributed by atoms with van der Waals surface area (Å²) in [7, 11) is 3.09. The van der Waals surface area contributed by atoms with Gasteiger partial charge in [0.2, 0.25) is 0 Å². The topological polar surface area (TPSA) is 47.6 Å². The van der Waals surface area contributed by atoms with E-state index in [1.54, 1.807) is 25.3 Å². The first-order valence-electron chi connectivity index (χ1n) is 6.12. The summed E-state index contributed by atoms with van der Waals surface area (Å²) in [6, 6.07) is 5.11. The fraction of sp³-hybridized carbons (Fsp3) is 0.500. The van der Waals surface area contributed by atoms with Crippen molar-refractivity contribution in [1.82, 2.24) is 5.32 Å². The van der Waals surface area contributed by atoms with Gasteiger partial charge < -0.3 is 14.8 Å². The fourth-order valence-electron chi connectivity index (χ4n) is 1.55. The Kier molecular flexibility index (Phi) is 5.96. The largest absolute Gasteiger partial charge is 0.497 e. The van der Waals surface area contributed by atoms with Crippen LogP contribution in [-0.2, 0) is 0 Å². The van der Waals surface area contributed by atoms with Crippen LogP contribution in [-0.4, -0.2) is 32.0 Å². The van der Waals surface area contributed by atoms with Crippen LogP contribution in [0.1, 0.15) is 24.2 Å². The third-order valence-electron chi connectivity index (χ3n) is 3.11. The van der Waals surface area contributed by atoms with Crippen LogP contribution in [0.4, 0.5) is 0 Å². The predicted molar refractivity (Wildman–Crippen MR) is 76.4 cm³/mol. The minimum atomic E-state index is -0.194.